The van der Waals surface area contributed by atoms with Gasteiger partial charge in [-0.05, 0) is 75.6 Å². The maximum atomic E-state index is 6.28. The van der Waals surface area contributed by atoms with Crippen molar-refractivity contribution in [1.29, 1.82) is 0 Å². The molecule has 1 aliphatic rings. The summed E-state index contributed by atoms with van der Waals surface area (Å²) in [6.07, 6.45) is 5.77. The molecule has 0 amide bonds. The van der Waals surface area contributed by atoms with Crippen LogP contribution in [0.1, 0.15) is 24.8 Å². The third-order valence-corrected chi connectivity index (χ3v) is 5.03. The Hall–Kier alpha value is -0.870. The van der Waals surface area contributed by atoms with Gasteiger partial charge in [-0.25, -0.2) is 0 Å². The zero-order valence-corrected chi connectivity index (χ0v) is 15.2. The van der Waals surface area contributed by atoms with Gasteiger partial charge in [0.2, 0.25) is 0 Å². The van der Waals surface area contributed by atoms with Crippen LogP contribution in [0.5, 0.6) is 0 Å². The summed E-state index contributed by atoms with van der Waals surface area (Å²) in [6, 6.07) is 8.13. The number of fused-ring (bicyclic) bond motifs is 1. The van der Waals surface area contributed by atoms with Crippen LogP contribution in [-0.4, -0.2) is 36.6 Å². The summed E-state index contributed by atoms with van der Waals surface area (Å²) in [7, 11) is 2.04. The molecule has 0 unspecified atom stereocenters. The molecule has 5 heteroatoms. The molecule has 0 bridgehead atoms. The fourth-order valence-corrected chi connectivity index (χ4v) is 3.56. The third kappa shape index (κ3) is 4.57. The molecule has 1 aromatic heterocycles. The first-order valence-electron chi connectivity index (χ1n) is 8.17. The standard InChI is InChI=1S/C18H24ClN3.ClH/c1-20-10-6-14-7-11-22(12-8-14)13-15-4-5-17(19)16-3-2-9-21-18(15)16;/h2-5,9,14,20H,6-8,10-13H2,1H3;1H. The zero-order chi connectivity index (χ0) is 15.4. The van der Waals surface area contributed by atoms with Crippen LogP contribution < -0.4 is 5.32 Å². The minimum atomic E-state index is 0. The predicted molar refractivity (Wildman–Crippen MR) is 101 cm³/mol. The summed E-state index contributed by atoms with van der Waals surface area (Å²) >= 11 is 6.28. The van der Waals surface area contributed by atoms with E-state index < -0.39 is 0 Å². The highest BCUT2D eigenvalue weighted by molar-refractivity contribution is 6.35. The highest BCUT2D eigenvalue weighted by Crippen LogP contribution is 2.27. The van der Waals surface area contributed by atoms with E-state index in [1.165, 1.54) is 37.9 Å². The number of rotatable bonds is 5. The zero-order valence-electron chi connectivity index (χ0n) is 13.6. The summed E-state index contributed by atoms with van der Waals surface area (Å²) < 4.78 is 0. The average Bonchev–Trinajstić information content (AvgIpc) is 2.57. The summed E-state index contributed by atoms with van der Waals surface area (Å²) in [5.74, 6) is 0.879. The van der Waals surface area contributed by atoms with Gasteiger partial charge in [0.05, 0.1) is 5.52 Å². The van der Waals surface area contributed by atoms with Crippen LogP contribution in [0, 0.1) is 5.92 Å². The maximum Gasteiger partial charge on any atom is 0.0761 e. The number of nitrogens with one attached hydrogen (secondary N) is 1. The summed E-state index contributed by atoms with van der Waals surface area (Å²) in [6.45, 7) is 4.48. The molecule has 2 aromatic rings. The average molecular weight is 354 g/mol. The Labute approximate surface area is 149 Å². The number of aromatic nitrogens is 1. The van der Waals surface area contributed by atoms with E-state index in [-0.39, 0.29) is 12.4 Å². The molecular formula is C18H25Cl2N3. The summed E-state index contributed by atoms with van der Waals surface area (Å²) in [5.41, 5.74) is 2.33. The molecule has 0 spiro atoms. The largest absolute Gasteiger partial charge is 0.320 e. The molecule has 23 heavy (non-hydrogen) atoms. The molecular weight excluding hydrogens is 329 g/mol. The molecule has 1 aliphatic heterocycles. The number of pyridine rings is 1. The number of hydrogen-bond donors (Lipinski definition) is 1. The first-order chi connectivity index (χ1) is 10.8. The Morgan fingerprint density at radius 1 is 1.26 bits per heavy atom. The summed E-state index contributed by atoms with van der Waals surface area (Å²) in [4.78, 5) is 7.09. The van der Waals surface area contributed by atoms with Gasteiger partial charge in [-0.2, -0.15) is 0 Å². The maximum absolute atomic E-state index is 6.28. The molecule has 0 aliphatic carbocycles. The van der Waals surface area contributed by atoms with E-state index in [9.17, 15) is 0 Å². The second-order valence-corrected chi connectivity index (χ2v) is 6.63. The molecule has 2 heterocycles. The number of hydrogen-bond acceptors (Lipinski definition) is 3. The fourth-order valence-electron chi connectivity index (χ4n) is 3.35. The SMILES string of the molecule is CNCCC1CCN(Cc2ccc(Cl)c3cccnc23)CC1.Cl. The Morgan fingerprint density at radius 3 is 2.78 bits per heavy atom. The monoisotopic (exact) mass is 353 g/mol. The van der Waals surface area contributed by atoms with Crippen molar-refractivity contribution in [3.63, 3.8) is 0 Å². The van der Waals surface area contributed by atoms with Crippen molar-refractivity contribution in [1.82, 2.24) is 15.2 Å². The quantitative estimate of drug-likeness (QED) is 0.875. The lowest BCUT2D eigenvalue weighted by atomic mass is 9.93. The van der Waals surface area contributed by atoms with Crippen molar-refractivity contribution < 1.29 is 0 Å². The lowest BCUT2D eigenvalue weighted by molar-refractivity contribution is 0.173. The van der Waals surface area contributed by atoms with E-state index in [4.69, 9.17) is 11.6 Å². The van der Waals surface area contributed by atoms with Crippen molar-refractivity contribution >= 4 is 34.9 Å². The van der Waals surface area contributed by atoms with Gasteiger partial charge in [0, 0.05) is 23.2 Å². The Balaban J connectivity index is 0.00000192. The molecule has 1 N–H and O–H groups in total. The van der Waals surface area contributed by atoms with Crippen LogP contribution in [-0.2, 0) is 6.54 Å². The molecule has 0 saturated carbocycles. The van der Waals surface area contributed by atoms with E-state index in [1.54, 1.807) is 0 Å². The normalized spacial score (nSPS) is 16.4. The van der Waals surface area contributed by atoms with Gasteiger partial charge in [-0.1, -0.05) is 17.7 Å². The van der Waals surface area contributed by atoms with Crippen molar-refractivity contribution in [3.05, 3.63) is 41.0 Å². The number of likely N-dealkylation sites (tertiary alicyclic amines) is 1. The molecule has 0 atom stereocenters. The lowest BCUT2D eigenvalue weighted by Gasteiger charge is -2.32. The van der Waals surface area contributed by atoms with Crippen molar-refractivity contribution in [2.24, 2.45) is 5.92 Å². The van der Waals surface area contributed by atoms with E-state index in [2.05, 4.69) is 27.3 Å². The highest BCUT2D eigenvalue weighted by Gasteiger charge is 2.19. The van der Waals surface area contributed by atoms with Crippen LogP contribution in [0.25, 0.3) is 10.9 Å². The minimum absolute atomic E-state index is 0. The van der Waals surface area contributed by atoms with Gasteiger partial charge in [-0.15, -0.1) is 12.4 Å². The first kappa shape index (κ1) is 18.5. The van der Waals surface area contributed by atoms with Gasteiger partial charge in [-0.3, -0.25) is 9.88 Å². The van der Waals surface area contributed by atoms with Crippen LogP contribution in [0.2, 0.25) is 5.02 Å². The Bertz CT molecular complexity index is 625. The van der Waals surface area contributed by atoms with Gasteiger partial charge < -0.3 is 5.32 Å². The van der Waals surface area contributed by atoms with Gasteiger partial charge in [0.1, 0.15) is 0 Å². The second kappa shape index (κ2) is 8.84. The van der Waals surface area contributed by atoms with Crippen LogP contribution >= 0.6 is 24.0 Å². The smallest absolute Gasteiger partial charge is 0.0761 e. The number of halogens is 2. The Kier molecular flexibility index (Phi) is 7.09. The predicted octanol–water partition coefficient (Wildman–Crippen LogP) is 4.13. The molecule has 3 nitrogen and oxygen atoms in total. The molecule has 0 radical (unpaired) electrons. The number of nitrogens with zero attached hydrogens (tertiary/aromatic N) is 2. The summed E-state index contributed by atoms with van der Waals surface area (Å²) in [5, 5.41) is 5.11. The lowest BCUT2D eigenvalue weighted by Crippen LogP contribution is -2.34. The topological polar surface area (TPSA) is 28.2 Å². The van der Waals surface area contributed by atoms with Crippen molar-refractivity contribution in [2.45, 2.75) is 25.8 Å². The molecule has 126 valence electrons. The fraction of sp³-hybridized carbons (Fsp3) is 0.500. The van der Waals surface area contributed by atoms with E-state index in [1.807, 2.05) is 25.4 Å². The van der Waals surface area contributed by atoms with Crippen LogP contribution in [0.3, 0.4) is 0 Å². The highest BCUT2D eigenvalue weighted by atomic mass is 35.5. The van der Waals surface area contributed by atoms with Crippen molar-refractivity contribution in [3.8, 4) is 0 Å². The van der Waals surface area contributed by atoms with E-state index in [0.717, 1.165) is 34.9 Å². The third-order valence-electron chi connectivity index (χ3n) is 4.70. The molecule has 3 rings (SSSR count). The molecule has 1 fully saturated rings. The van der Waals surface area contributed by atoms with Crippen LogP contribution in [0.4, 0.5) is 0 Å². The minimum Gasteiger partial charge on any atom is -0.320 e. The van der Waals surface area contributed by atoms with Gasteiger partial charge in [0.15, 0.2) is 0 Å². The first-order valence-corrected chi connectivity index (χ1v) is 8.55. The molecule has 1 aromatic carbocycles. The van der Waals surface area contributed by atoms with Gasteiger partial charge in [0.25, 0.3) is 0 Å². The van der Waals surface area contributed by atoms with E-state index in [0.29, 0.717) is 0 Å². The van der Waals surface area contributed by atoms with Crippen molar-refractivity contribution in [2.75, 3.05) is 26.7 Å². The Morgan fingerprint density at radius 2 is 2.04 bits per heavy atom. The molecule has 1 saturated heterocycles. The number of benzene rings is 1. The van der Waals surface area contributed by atoms with Gasteiger partial charge >= 0.3 is 0 Å². The van der Waals surface area contributed by atoms with Crippen LogP contribution in [0.15, 0.2) is 30.5 Å². The van der Waals surface area contributed by atoms with E-state index >= 15 is 0 Å². The number of piperidine rings is 1. The second-order valence-electron chi connectivity index (χ2n) is 6.22.